The third-order valence-corrected chi connectivity index (χ3v) is 6.67. The van der Waals surface area contributed by atoms with Crippen molar-refractivity contribution in [2.24, 2.45) is 0 Å². The third-order valence-electron chi connectivity index (χ3n) is 5.76. The Kier molecular flexibility index (Phi) is 6.27. The van der Waals surface area contributed by atoms with Crippen LogP contribution in [-0.4, -0.2) is 56.0 Å². The summed E-state index contributed by atoms with van der Waals surface area (Å²) in [6.45, 7) is 5.15. The first kappa shape index (κ1) is 21.4. The summed E-state index contributed by atoms with van der Waals surface area (Å²) in [6.07, 6.45) is 7.65. The number of carbonyl (C=O) groups excluding carboxylic acids is 3. The van der Waals surface area contributed by atoms with E-state index in [1.807, 2.05) is 42.7 Å². The van der Waals surface area contributed by atoms with Crippen molar-refractivity contribution in [1.82, 2.24) is 19.4 Å². The van der Waals surface area contributed by atoms with E-state index in [-0.39, 0.29) is 12.5 Å². The van der Waals surface area contributed by atoms with E-state index in [4.69, 9.17) is 0 Å². The second-order valence-corrected chi connectivity index (χ2v) is 8.91. The number of thioether (sulfide) groups is 1. The van der Waals surface area contributed by atoms with Crippen LogP contribution in [0.4, 0.5) is 4.79 Å². The number of carbonyl (C=O) groups is 3. The van der Waals surface area contributed by atoms with Gasteiger partial charge in [-0.1, -0.05) is 18.9 Å². The van der Waals surface area contributed by atoms with Crippen molar-refractivity contribution in [3.63, 3.8) is 0 Å². The molecule has 4 heterocycles. The fraction of sp³-hybridized carbons (Fsp3) is 0.391. The zero-order chi connectivity index (χ0) is 22.0. The van der Waals surface area contributed by atoms with Gasteiger partial charge in [-0.25, -0.2) is 4.98 Å². The van der Waals surface area contributed by atoms with Crippen molar-refractivity contribution < 1.29 is 14.4 Å². The number of rotatable bonds is 4. The molecule has 0 radical (unpaired) electrons. The van der Waals surface area contributed by atoms with Gasteiger partial charge in [0.1, 0.15) is 12.4 Å². The highest BCUT2D eigenvalue weighted by atomic mass is 32.2. The molecule has 0 aromatic carbocycles. The molecule has 3 amide bonds. The maximum atomic E-state index is 12.9. The van der Waals surface area contributed by atoms with Gasteiger partial charge in [0.05, 0.1) is 4.91 Å². The molecule has 2 aliphatic rings. The zero-order valence-corrected chi connectivity index (χ0v) is 18.7. The van der Waals surface area contributed by atoms with Crippen LogP contribution in [0.25, 0.3) is 11.9 Å². The summed E-state index contributed by atoms with van der Waals surface area (Å²) in [4.78, 5) is 45.7. The Morgan fingerprint density at radius 3 is 2.55 bits per heavy atom. The highest BCUT2D eigenvalue weighted by Gasteiger charge is 2.37. The summed E-state index contributed by atoms with van der Waals surface area (Å²) >= 11 is 0.892. The van der Waals surface area contributed by atoms with Gasteiger partial charge in [-0.3, -0.25) is 19.3 Å². The van der Waals surface area contributed by atoms with Crippen molar-refractivity contribution in [2.45, 2.75) is 39.5 Å². The average molecular weight is 439 g/mol. The van der Waals surface area contributed by atoms with Crippen LogP contribution in [0.5, 0.6) is 0 Å². The maximum absolute atomic E-state index is 12.9. The molecule has 0 atom stereocenters. The van der Waals surface area contributed by atoms with Gasteiger partial charge in [0.25, 0.3) is 11.1 Å². The molecule has 0 N–H and O–H groups in total. The number of likely N-dealkylation sites (tertiary alicyclic amines) is 1. The molecule has 2 saturated heterocycles. The number of hydrogen-bond acceptors (Lipinski definition) is 5. The molecule has 4 rings (SSSR count). The molecule has 2 aromatic rings. The van der Waals surface area contributed by atoms with Crippen molar-refractivity contribution in [1.29, 1.82) is 0 Å². The molecular weight excluding hydrogens is 412 g/mol. The van der Waals surface area contributed by atoms with Crippen LogP contribution in [0.15, 0.2) is 35.4 Å². The number of aromatic nitrogens is 2. The van der Waals surface area contributed by atoms with Gasteiger partial charge in [0.2, 0.25) is 5.91 Å². The van der Waals surface area contributed by atoms with E-state index in [2.05, 4.69) is 4.98 Å². The topological polar surface area (TPSA) is 75.5 Å². The van der Waals surface area contributed by atoms with Gasteiger partial charge >= 0.3 is 0 Å². The smallest absolute Gasteiger partial charge is 0.294 e. The Hall–Kier alpha value is -2.87. The molecule has 0 bridgehead atoms. The van der Waals surface area contributed by atoms with Gasteiger partial charge in [-0.15, -0.1) is 0 Å². The standard InChI is InChI=1S/C23H26N4O3S/c1-16-13-18(17(2)27(16)20-9-5-6-10-24-20)14-19-22(29)26(23(30)31-19)15-21(28)25-11-7-3-4-8-12-25/h5-6,9-10,13-14H,3-4,7-8,11-12,15H2,1-2H3. The monoisotopic (exact) mass is 438 g/mol. The highest BCUT2D eigenvalue weighted by Crippen LogP contribution is 2.33. The third kappa shape index (κ3) is 4.44. The van der Waals surface area contributed by atoms with E-state index in [0.29, 0.717) is 18.0 Å². The number of hydrogen-bond donors (Lipinski definition) is 0. The summed E-state index contributed by atoms with van der Waals surface area (Å²) in [5.74, 6) is 0.243. The van der Waals surface area contributed by atoms with Crippen LogP contribution in [0, 0.1) is 13.8 Å². The van der Waals surface area contributed by atoms with E-state index >= 15 is 0 Å². The molecule has 31 heavy (non-hydrogen) atoms. The molecule has 0 unspecified atom stereocenters. The predicted octanol–water partition coefficient (Wildman–Crippen LogP) is 3.93. The molecule has 8 heteroatoms. The molecule has 7 nitrogen and oxygen atoms in total. The lowest BCUT2D eigenvalue weighted by Crippen LogP contribution is -2.42. The van der Waals surface area contributed by atoms with Gasteiger partial charge in [-0.05, 0) is 68.3 Å². The van der Waals surface area contributed by atoms with Crippen molar-refractivity contribution in [3.8, 4) is 5.82 Å². The minimum absolute atomic E-state index is 0.154. The van der Waals surface area contributed by atoms with Gasteiger partial charge in [0.15, 0.2) is 0 Å². The number of aryl methyl sites for hydroxylation is 1. The number of imide groups is 1. The Bertz CT molecular complexity index is 1040. The van der Waals surface area contributed by atoms with Gasteiger partial charge in [0, 0.05) is 30.7 Å². The molecule has 162 valence electrons. The quantitative estimate of drug-likeness (QED) is 0.676. The molecule has 2 fully saturated rings. The van der Waals surface area contributed by atoms with Crippen LogP contribution in [-0.2, 0) is 9.59 Å². The molecular formula is C23H26N4O3S. The van der Waals surface area contributed by atoms with E-state index < -0.39 is 11.1 Å². The van der Waals surface area contributed by atoms with Crippen LogP contribution < -0.4 is 0 Å². The van der Waals surface area contributed by atoms with Crippen LogP contribution in [0.3, 0.4) is 0 Å². The van der Waals surface area contributed by atoms with Crippen LogP contribution >= 0.6 is 11.8 Å². The molecule has 0 spiro atoms. The average Bonchev–Trinajstić information content (AvgIpc) is 3.04. The van der Waals surface area contributed by atoms with E-state index in [1.165, 1.54) is 0 Å². The summed E-state index contributed by atoms with van der Waals surface area (Å²) < 4.78 is 2.01. The lowest BCUT2D eigenvalue weighted by molar-refractivity contribution is -0.135. The van der Waals surface area contributed by atoms with Gasteiger partial charge in [-0.2, -0.15) is 0 Å². The Morgan fingerprint density at radius 1 is 1.13 bits per heavy atom. The van der Waals surface area contributed by atoms with Crippen LogP contribution in [0.1, 0.15) is 42.6 Å². The normalized spacial score (nSPS) is 18.7. The van der Waals surface area contributed by atoms with Gasteiger partial charge < -0.3 is 9.47 Å². The Morgan fingerprint density at radius 2 is 1.87 bits per heavy atom. The SMILES string of the molecule is Cc1cc(C=C2SC(=O)N(CC(=O)N3CCCCCC3)C2=O)c(C)n1-c1ccccn1. The van der Waals surface area contributed by atoms with Crippen molar-refractivity contribution in [3.05, 3.63) is 52.3 Å². The van der Waals surface area contributed by atoms with Crippen molar-refractivity contribution >= 4 is 34.9 Å². The molecule has 2 aliphatic heterocycles. The fourth-order valence-electron chi connectivity index (χ4n) is 4.11. The minimum atomic E-state index is -0.402. The maximum Gasteiger partial charge on any atom is 0.294 e. The molecule has 2 aromatic heterocycles. The van der Waals surface area contributed by atoms with Crippen LogP contribution in [0.2, 0.25) is 0 Å². The minimum Gasteiger partial charge on any atom is -0.341 e. The first-order valence-corrected chi connectivity index (χ1v) is 11.4. The van der Waals surface area contributed by atoms with E-state index in [1.54, 1.807) is 17.2 Å². The predicted molar refractivity (Wildman–Crippen MR) is 121 cm³/mol. The zero-order valence-electron chi connectivity index (χ0n) is 17.8. The lowest BCUT2D eigenvalue weighted by atomic mass is 10.2. The molecule has 0 saturated carbocycles. The number of amides is 3. The summed E-state index contributed by atoms with van der Waals surface area (Å²) in [6, 6.07) is 7.68. The first-order chi connectivity index (χ1) is 15.0. The second-order valence-electron chi connectivity index (χ2n) is 7.91. The summed E-state index contributed by atoms with van der Waals surface area (Å²) in [5.41, 5.74) is 2.77. The lowest BCUT2D eigenvalue weighted by Gasteiger charge is -2.22. The van der Waals surface area contributed by atoms with E-state index in [0.717, 1.165) is 65.1 Å². The second kappa shape index (κ2) is 9.09. The highest BCUT2D eigenvalue weighted by molar-refractivity contribution is 8.18. The van der Waals surface area contributed by atoms with E-state index in [9.17, 15) is 14.4 Å². The Balaban J connectivity index is 1.53. The summed E-state index contributed by atoms with van der Waals surface area (Å²) in [7, 11) is 0. The fourth-order valence-corrected chi connectivity index (χ4v) is 4.93. The molecule has 0 aliphatic carbocycles. The number of nitrogens with zero attached hydrogens (tertiary/aromatic N) is 4. The largest absolute Gasteiger partial charge is 0.341 e. The Labute approximate surface area is 186 Å². The number of pyridine rings is 1. The first-order valence-electron chi connectivity index (χ1n) is 10.6. The van der Waals surface area contributed by atoms with Crippen molar-refractivity contribution in [2.75, 3.05) is 19.6 Å². The summed E-state index contributed by atoms with van der Waals surface area (Å²) in [5, 5.41) is -0.391.